The molecule has 2 aromatic rings. The van der Waals surface area contributed by atoms with Crippen molar-refractivity contribution in [1.29, 1.82) is 0 Å². The highest BCUT2D eigenvalue weighted by atomic mass is 16.5. The number of ether oxygens (including phenoxy) is 3. The van der Waals surface area contributed by atoms with E-state index in [9.17, 15) is 5.11 Å². The first-order valence-electron chi connectivity index (χ1n) is 7.68. The molecule has 0 saturated heterocycles. The Bertz CT molecular complexity index is 734. The van der Waals surface area contributed by atoms with Gasteiger partial charge in [0.1, 0.15) is 5.75 Å². The maximum Gasteiger partial charge on any atom is 0.193 e. The number of anilines is 1. The van der Waals surface area contributed by atoms with Gasteiger partial charge in [-0.3, -0.25) is 4.99 Å². The van der Waals surface area contributed by atoms with Gasteiger partial charge in [-0.25, -0.2) is 0 Å². The second kappa shape index (κ2) is 8.79. The molecule has 2 rings (SSSR count). The van der Waals surface area contributed by atoms with E-state index in [4.69, 9.17) is 19.9 Å². The number of aliphatic hydroxyl groups is 1. The Morgan fingerprint density at radius 3 is 2.52 bits per heavy atom. The smallest absolute Gasteiger partial charge is 0.193 e. The molecule has 0 aliphatic heterocycles. The number of rotatable bonds is 7. The lowest BCUT2D eigenvalue weighted by Crippen LogP contribution is -2.23. The van der Waals surface area contributed by atoms with Crippen molar-refractivity contribution in [2.75, 3.05) is 33.2 Å². The van der Waals surface area contributed by atoms with Gasteiger partial charge in [0.05, 0.1) is 34.0 Å². The zero-order chi connectivity index (χ0) is 18.2. The predicted molar refractivity (Wildman–Crippen MR) is 97.6 cm³/mol. The fourth-order valence-electron chi connectivity index (χ4n) is 2.24. The minimum absolute atomic E-state index is 0.124. The molecule has 7 nitrogen and oxygen atoms in total. The second-order valence-corrected chi connectivity index (χ2v) is 5.21. The molecule has 0 aliphatic carbocycles. The molecular weight excluding hydrogens is 322 g/mol. The van der Waals surface area contributed by atoms with E-state index in [2.05, 4.69) is 10.3 Å². The van der Waals surface area contributed by atoms with Gasteiger partial charge in [0.15, 0.2) is 17.5 Å². The number of benzene rings is 2. The van der Waals surface area contributed by atoms with Gasteiger partial charge in [0.25, 0.3) is 0 Å². The molecule has 134 valence electrons. The van der Waals surface area contributed by atoms with Crippen molar-refractivity contribution in [2.24, 2.45) is 10.7 Å². The Labute approximate surface area is 147 Å². The predicted octanol–water partition coefficient (Wildman–Crippen LogP) is 2.17. The number of guanidine groups is 1. The third-order valence-corrected chi connectivity index (χ3v) is 3.57. The Hall–Kier alpha value is -2.93. The maximum atomic E-state index is 10.2. The highest BCUT2D eigenvalue weighted by molar-refractivity contribution is 5.92. The topological polar surface area (TPSA) is 98.3 Å². The molecule has 4 N–H and O–H groups in total. The summed E-state index contributed by atoms with van der Waals surface area (Å²) >= 11 is 0. The van der Waals surface area contributed by atoms with Crippen molar-refractivity contribution < 1.29 is 19.3 Å². The lowest BCUT2D eigenvalue weighted by Gasteiger charge is -2.12. The van der Waals surface area contributed by atoms with Gasteiger partial charge in [0, 0.05) is 11.8 Å². The number of nitrogens with zero attached hydrogens (tertiary/aromatic N) is 1. The minimum atomic E-state index is -0.777. The molecule has 0 saturated carbocycles. The van der Waals surface area contributed by atoms with Crippen LogP contribution in [0.5, 0.6) is 17.2 Å². The quantitative estimate of drug-likeness (QED) is 0.525. The Morgan fingerprint density at radius 1 is 1.08 bits per heavy atom. The molecule has 0 bridgehead atoms. The van der Waals surface area contributed by atoms with Crippen LogP contribution in [0.25, 0.3) is 0 Å². The van der Waals surface area contributed by atoms with Crippen LogP contribution in [0.15, 0.2) is 47.5 Å². The first-order valence-corrected chi connectivity index (χ1v) is 7.68. The summed E-state index contributed by atoms with van der Waals surface area (Å²) in [5, 5.41) is 13.2. The van der Waals surface area contributed by atoms with E-state index in [0.29, 0.717) is 28.5 Å². The summed E-state index contributed by atoms with van der Waals surface area (Å²) in [6.45, 7) is 0.124. The van der Waals surface area contributed by atoms with Crippen LogP contribution in [0.3, 0.4) is 0 Å². The number of nitrogens with one attached hydrogen (secondary N) is 1. The van der Waals surface area contributed by atoms with E-state index < -0.39 is 6.10 Å². The molecule has 0 spiro atoms. The normalized spacial score (nSPS) is 12.4. The number of hydrogen-bond donors (Lipinski definition) is 3. The molecule has 7 heteroatoms. The first kappa shape index (κ1) is 18.4. The van der Waals surface area contributed by atoms with E-state index >= 15 is 0 Å². The van der Waals surface area contributed by atoms with E-state index in [0.717, 1.165) is 0 Å². The fourth-order valence-corrected chi connectivity index (χ4v) is 2.24. The molecule has 1 atom stereocenters. The molecule has 0 heterocycles. The van der Waals surface area contributed by atoms with E-state index in [1.807, 2.05) is 12.1 Å². The zero-order valence-electron chi connectivity index (χ0n) is 14.5. The summed E-state index contributed by atoms with van der Waals surface area (Å²) in [6, 6.07) is 12.5. The highest BCUT2D eigenvalue weighted by Crippen LogP contribution is 2.29. The Balaban J connectivity index is 2.01. The molecule has 1 unspecified atom stereocenters. The van der Waals surface area contributed by atoms with Crippen molar-refractivity contribution in [1.82, 2.24) is 0 Å². The average Bonchev–Trinajstić information content (AvgIpc) is 2.65. The second-order valence-electron chi connectivity index (χ2n) is 5.21. The third-order valence-electron chi connectivity index (χ3n) is 3.57. The van der Waals surface area contributed by atoms with Crippen LogP contribution in [0, 0.1) is 0 Å². The van der Waals surface area contributed by atoms with Gasteiger partial charge in [-0.1, -0.05) is 12.1 Å². The molecule has 2 aromatic carbocycles. The first-order chi connectivity index (χ1) is 12.1. The molecule has 0 radical (unpaired) electrons. The zero-order valence-corrected chi connectivity index (χ0v) is 14.5. The lowest BCUT2D eigenvalue weighted by molar-refractivity contribution is 0.187. The van der Waals surface area contributed by atoms with Crippen LogP contribution in [-0.2, 0) is 0 Å². The Kier molecular flexibility index (Phi) is 6.47. The summed E-state index contributed by atoms with van der Waals surface area (Å²) in [4.78, 5) is 4.17. The van der Waals surface area contributed by atoms with Crippen LogP contribution >= 0.6 is 0 Å². The summed E-state index contributed by atoms with van der Waals surface area (Å²) in [7, 11) is 4.71. The monoisotopic (exact) mass is 345 g/mol. The van der Waals surface area contributed by atoms with Crippen molar-refractivity contribution in [3.05, 3.63) is 48.0 Å². The van der Waals surface area contributed by atoms with Crippen LogP contribution < -0.4 is 25.3 Å². The fraction of sp³-hybridized carbons (Fsp3) is 0.278. The van der Waals surface area contributed by atoms with Crippen LogP contribution in [-0.4, -0.2) is 38.9 Å². The van der Waals surface area contributed by atoms with Gasteiger partial charge in [0.2, 0.25) is 0 Å². The van der Waals surface area contributed by atoms with E-state index in [1.54, 1.807) is 51.7 Å². The van der Waals surface area contributed by atoms with Crippen LogP contribution in [0.2, 0.25) is 0 Å². The van der Waals surface area contributed by atoms with Crippen LogP contribution in [0.1, 0.15) is 11.7 Å². The number of aliphatic hydroxyl groups excluding tert-OH is 1. The van der Waals surface area contributed by atoms with Crippen molar-refractivity contribution in [3.63, 3.8) is 0 Å². The minimum Gasteiger partial charge on any atom is -0.497 e. The van der Waals surface area contributed by atoms with Gasteiger partial charge in [-0.15, -0.1) is 0 Å². The standard InChI is InChI=1S/C18H23N3O4/c1-23-14-6-4-5-12(9-14)15(22)11-20-18(19)21-13-7-8-16(24-2)17(10-13)25-3/h4-10,15,22H,11H2,1-3H3,(H3,19,20,21). The summed E-state index contributed by atoms with van der Waals surface area (Å²) in [5.74, 6) is 2.07. The number of nitrogens with two attached hydrogens (primary N) is 1. The summed E-state index contributed by atoms with van der Waals surface area (Å²) in [6.07, 6.45) is -0.777. The SMILES string of the molecule is COc1cccc(C(O)CN=C(N)Nc2ccc(OC)c(OC)c2)c1. The number of hydrogen-bond acceptors (Lipinski definition) is 5. The van der Waals surface area contributed by atoms with Gasteiger partial charge >= 0.3 is 0 Å². The summed E-state index contributed by atoms with van der Waals surface area (Å²) < 4.78 is 15.6. The molecular formula is C18H23N3O4. The lowest BCUT2D eigenvalue weighted by atomic mass is 10.1. The molecule has 0 amide bonds. The van der Waals surface area contributed by atoms with Crippen molar-refractivity contribution in [2.45, 2.75) is 6.10 Å². The van der Waals surface area contributed by atoms with Gasteiger partial charge < -0.3 is 30.4 Å². The van der Waals surface area contributed by atoms with Gasteiger partial charge in [-0.05, 0) is 29.8 Å². The average molecular weight is 345 g/mol. The third kappa shape index (κ3) is 5.02. The Morgan fingerprint density at radius 2 is 1.84 bits per heavy atom. The number of aliphatic imine (C=N–C) groups is 1. The molecule has 0 fully saturated rings. The van der Waals surface area contributed by atoms with Crippen LogP contribution in [0.4, 0.5) is 5.69 Å². The largest absolute Gasteiger partial charge is 0.497 e. The van der Waals surface area contributed by atoms with Gasteiger partial charge in [-0.2, -0.15) is 0 Å². The molecule has 0 aliphatic rings. The molecule has 0 aromatic heterocycles. The van der Waals surface area contributed by atoms with Crippen molar-refractivity contribution in [3.8, 4) is 17.2 Å². The van der Waals surface area contributed by atoms with Crippen molar-refractivity contribution >= 4 is 11.6 Å². The highest BCUT2D eigenvalue weighted by Gasteiger charge is 2.09. The van der Waals surface area contributed by atoms with E-state index in [-0.39, 0.29) is 12.5 Å². The van der Waals surface area contributed by atoms with E-state index in [1.165, 1.54) is 0 Å². The summed E-state index contributed by atoms with van der Waals surface area (Å²) in [5.41, 5.74) is 7.29. The maximum absolute atomic E-state index is 10.2. The molecule has 25 heavy (non-hydrogen) atoms. The number of methoxy groups -OCH3 is 3.